The Hall–Kier alpha value is -2.04. The zero-order valence-electron chi connectivity index (χ0n) is 15.2. The van der Waals surface area contributed by atoms with Crippen LogP contribution in [0.4, 0.5) is 5.69 Å². The van der Waals surface area contributed by atoms with Gasteiger partial charge in [-0.2, -0.15) is 0 Å². The molecule has 1 fully saturated rings. The monoisotopic (exact) mass is 341 g/mol. The van der Waals surface area contributed by atoms with Crippen molar-refractivity contribution in [3.63, 3.8) is 0 Å². The predicted molar refractivity (Wildman–Crippen MR) is 102 cm³/mol. The van der Waals surface area contributed by atoms with Crippen molar-refractivity contribution >= 4 is 5.69 Å². The van der Waals surface area contributed by atoms with E-state index in [0.717, 1.165) is 44.0 Å². The third-order valence-electron chi connectivity index (χ3n) is 4.88. The highest BCUT2D eigenvalue weighted by molar-refractivity contribution is 5.46. The molecular formula is C21H29N2O2+. The summed E-state index contributed by atoms with van der Waals surface area (Å²) in [5, 5.41) is 10.3. The van der Waals surface area contributed by atoms with Crippen LogP contribution in [0, 0.1) is 13.8 Å². The van der Waals surface area contributed by atoms with Crippen LogP contribution in [0.1, 0.15) is 11.1 Å². The van der Waals surface area contributed by atoms with Crippen molar-refractivity contribution in [1.82, 2.24) is 0 Å². The van der Waals surface area contributed by atoms with Crippen LogP contribution in [0.25, 0.3) is 0 Å². The van der Waals surface area contributed by atoms with Crippen molar-refractivity contribution in [3.8, 4) is 5.75 Å². The van der Waals surface area contributed by atoms with Crippen molar-refractivity contribution in [2.45, 2.75) is 20.0 Å². The lowest BCUT2D eigenvalue weighted by Gasteiger charge is -2.34. The first-order valence-electron chi connectivity index (χ1n) is 9.13. The van der Waals surface area contributed by atoms with Crippen LogP contribution in [0.5, 0.6) is 5.75 Å². The number of hydrogen-bond acceptors (Lipinski definition) is 3. The molecule has 0 aliphatic carbocycles. The summed E-state index contributed by atoms with van der Waals surface area (Å²) in [7, 11) is 0. The zero-order valence-corrected chi connectivity index (χ0v) is 15.2. The van der Waals surface area contributed by atoms with Gasteiger partial charge in [-0.05, 0) is 37.6 Å². The highest BCUT2D eigenvalue weighted by atomic mass is 16.5. The standard InChI is InChI=1S/C21H28N2O2/c1-17-8-9-21(18(2)14-17)25-16-20(24)15-22-10-12-23(13-11-22)19-6-4-3-5-7-19/h3-9,14,20,24H,10-13,15-16H2,1-2H3/p+1/t20-/m0/s1. The second-order valence-electron chi connectivity index (χ2n) is 7.01. The van der Waals surface area contributed by atoms with Gasteiger partial charge in [0, 0.05) is 5.69 Å². The Labute approximate surface area is 150 Å². The molecule has 1 heterocycles. The Morgan fingerprint density at radius 2 is 1.80 bits per heavy atom. The molecule has 1 saturated heterocycles. The quantitative estimate of drug-likeness (QED) is 0.835. The molecule has 1 aliphatic heterocycles. The molecular weight excluding hydrogens is 312 g/mol. The van der Waals surface area contributed by atoms with E-state index in [1.54, 1.807) is 0 Å². The van der Waals surface area contributed by atoms with Gasteiger partial charge >= 0.3 is 0 Å². The fourth-order valence-corrected chi connectivity index (χ4v) is 3.46. The molecule has 2 aromatic carbocycles. The number of quaternary nitrogens is 1. The van der Waals surface area contributed by atoms with Crippen molar-refractivity contribution in [3.05, 3.63) is 59.7 Å². The molecule has 2 aromatic rings. The number of para-hydroxylation sites is 1. The summed E-state index contributed by atoms with van der Waals surface area (Å²) in [5.41, 5.74) is 3.64. The van der Waals surface area contributed by atoms with Gasteiger partial charge in [-0.1, -0.05) is 35.9 Å². The normalized spacial score (nSPS) is 16.7. The van der Waals surface area contributed by atoms with Crippen LogP contribution in [0.2, 0.25) is 0 Å². The first-order chi connectivity index (χ1) is 12.1. The molecule has 25 heavy (non-hydrogen) atoms. The van der Waals surface area contributed by atoms with E-state index in [1.807, 2.05) is 19.1 Å². The van der Waals surface area contributed by atoms with Gasteiger partial charge in [0.1, 0.15) is 25.0 Å². The van der Waals surface area contributed by atoms with Crippen molar-refractivity contribution in [2.24, 2.45) is 0 Å². The summed E-state index contributed by atoms with van der Waals surface area (Å²) in [6.07, 6.45) is -0.432. The minimum Gasteiger partial charge on any atom is -0.490 e. The average Bonchev–Trinajstić information content (AvgIpc) is 2.62. The highest BCUT2D eigenvalue weighted by Crippen LogP contribution is 2.18. The molecule has 0 unspecified atom stereocenters. The average molecular weight is 341 g/mol. The number of piperazine rings is 1. The van der Waals surface area contributed by atoms with Crippen LogP contribution < -0.4 is 14.5 Å². The number of aryl methyl sites for hydroxylation is 2. The van der Waals surface area contributed by atoms with Gasteiger partial charge in [-0.3, -0.25) is 0 Å². The van der Waals surface area contributed by atoms with Crippen molar-refractivity contribution in [1.29, 1.82) is 0 Å². The lowest BCUT2D eigenvalue weighted by molar-refractivity contribution is -0.903. The number of aliphatic hydroxyl groups is 1. The molecule has 1 aliphatic rings. The van der Waals surface area contributed by atoms with Crippen LogP contribution in [-0.2, 0) is 0 Å². The number of hydrogen-bond donors (Lipinski definition) is 2. The van der Waals surface area contributed by atoms with Gasteiger partial charge in [-0.15, -0.1) is 0 Å². The molecule has 4 heteroatoms. The Morgan fingerprint density at radius 1 is 1.08 bits per heavy atom. The van der Waals surface area contributed by atoms with Gasteiger partial charge in [0.15, 0.2) is 0 Å². The Balaban J connectivity index is 1.42. The molecule has 134 valence electrons. The fourth-order valence-electron chi connectivity index (χ4n) is 3.46. The van der Waals surface area contributed by atoms with Gasteiger partial charge in [-0.25, -0.2) is 0 Å². The number of ether oxygens (including phenoxy) is 1. The van der Waals surface area contributed by atoms with Crippen LogP contribution in [-0.4, -0.2) is 50.5 Å². The minimum atomic E-state index is -0.432. The van der Waals surface area contributed by atoms with Crippen molar-refractivity contribution in [2.75, 3.05) is 44.2 Å². The maximum atomic E-state index is 10.3. The Morgan fingerprint density at radius 3 is 2.48 bits per heavy atom. The van der Waals surface area contributed by atoms with E-state index in [-0.39, 0.29) is 0 Å². The second kappa shape index (κ2) is 8.37. The molecule has 1 atom stereocenters. The van der Waals surface area contributed by atoms with E-state index in [9.17, 15) is 5.11 Å². The third-order valence-corrected chi connectivity index (χ3v) is 4.88. The van der Waals surface area contributed by atoms with E-state index in [1.165, 1.54) is 16.2 Å². The van der Waals surface area contributed by atoms with Gasteiger partial charge < -0.3 is 19.6 Å². The van der Waals surface area contributed by atoms with Crippen LogP contribution in [0.15, 0.2) is 48.5 Å². The van der Waals surface area contributed by atoms with Gasteiger partial charge in [0.25, 0.3) is 0 Å². The molecule has 0 spiro atoms. The molecule has 0 bridgehead atoms. The number of nitrogens with one attached hydrogen (secondary N) is 1. The summed E-state index contributed by atoms with van der Waals surface area (Å²) < 4.78 is 5.81. The number of nitrogens with zero attached hydrogens (tertiary/aromatic N) is 1. The lowest BCUT2D eigenvalue weighted by Crippen LogP contribution is -3.16. The molecule has 3 rings (SSSR count). The van der Waals surface area contributed by atoms with Crippen LogP contribution >= 0.6 is 0 Å². The fraction of sp³-hybridized carbons (Fsp3) is 0.429. The lowest BCUT2D eigenvalue weighted by atomic mass is 10.1. The molecule has 0 radical (unpaired) electrons. The van der Waals surface area contributed by atoms with Gasteiger partial charge in [0.05, 0.1) is 26.2 Å². The molecule has 0 saturated carbocycles. The molecule has 2 N–H and O–H groups in total. The number of rotatable bonds is 6. The SMILES string of the molecule is Cc1ccc(OC[C@@H](O)C[NH+]2CCN(c3ccccc3)CC2)c(C)c1. The number of benzene rings is 2. The zero-order chi connectivity index (χ0) is 17.6. The number of anilines is 1. The minimum absolute atomic E-state index is 0.357. The molecule has 0 amide bonds. The van der Waals surface area contributed by atoms with E-state index < -0.39 is 6.10 Å². The first-order valence-corrected chi connectivity index (χ1v) is 9.13. The Bertz CT molecular complexity index is 667. The predicted octanol–water partition coefficient (Wildman–Crippen LogP) is 1.45. The Kier molecular flexibility index (Phi) is 5.95. The van der Waals surface area contributed by atoms with E-state index >= 15 is 0 Å². The van der Waals surface area contributed by atoms with Crippen molar-refractivity contribution < 1.29 is 14.7 Å². The largest absolute Gasteiger partial charge is 0.490 e. The summed E-state index contributed by atoms with van der Waals surface area (Å²) >= 11 is 0. The summed E-state index contributed by atoms with van der Waals surface area (Å²) in [6, 6.07) is 16.7. The van der Waals surface area contributed by atoms with E-state index in [4.69, 9.17) is 4.74 Å². The van der Waals surface area contributed by atoms with Gasteiger partial charge in [0.2, 0.25) is 0 Å². The summed E-state index contributed by atoms with van der Waals surface area (Å²) in [5.74, 6) is 0.869. The first kappa shape index (κ1) is 17.8. The smallest absolute Gasteiger partial charge is 0.137 e. The van der Waals surface area contributed by atoms with E-state index in [2.05, 4.69) is 48.2 Å². The number of aliphatic hydroxyl groups excluding tert-OH is 1. The maximum Gasteiger partial charge on any atom is 0.137 e. The summed E-state index contributed by atoms with van der Waals surface area (Å²) in [4.78, 5) is 3.87. The maximum absolute atomic E-state index is 10.3. The highest BCUT2D eigenvalue weighted by Gasteiger charge is 2.22. The van der Waals surface area contributed by atoms with Crippen LogP contribution in [0.3, 0.4) is 0 Å². The topological polar surface area (TPSA) is 37.1 Å². The third kappa shape index (κ3) is 4.97. The summed E-state index contributed by atoms with van der Waals surface area (Å²) in [6.45, 7) is 9.38. The molecule has 4 nitrogen and oxygen atoms in total. The van der Waals surface area contributed by atoms with E-state index in [0.29, 0.717) is 6.61 Å². The second-order valence-corrected chi connectivity index (χ2v) is 7.01. The molecule has 0 aromatic heterocycles.